The molecule has 5 nitrogen and oxygen atoms in total. The Kier molecular flexibility index (Phi) is 5.41. The van der Waals surface area contributed by atoms with Crippen LogP contribution < -0.4 is 5.32 Å². The van der Waals surface area contributed by atoms with Gasteiger partial charge in [-0.25, -0.2) is 0 Å². The average molecular weight is 411 g/mol. The summed E-state index contributed by atoms with van der Waals surface area (Å²) in [6.07, 6.45) is 2.67. The topological polar surface area (TPSA) is 70.7 Å². The molecule has 0 aliphatic rings. The third-order valence-corrected chi connectivity index (χ3v) is 5.95. The Bertz CT molecular complexity index is 1120. The maximum Gasteiger partial charge on any atom is 0.264 e. The molecule has 4 rings (SSSR count). The predicted molar refractivity (Wildman–Crippen MR) is 113 cm³/mol. The molecule has 2 N–H and O–H groups in total. The lowest BCUT2D eigenvalue weighted by atomic mass is 9.90. The molecule has 4 aromatic rings. The van der Waals surface area contributed by atoms with Crippen LogP contribution in [0.25, 0.3) is 10.9 Å². The summed E-state index contributed by atoms with van der Waals surface area (Å²) in [5.41, 5.74) is 3.86. The maximum atomic E-state index is 12.7. The number of carbonyl (C=O) groups is 1. The van der Waals surface area contributed by atoms with E-state index in [-0.39, 0.29) is 11.8 Å². The molecule has 0 radical (unpaired) electrons. The molecule has 1 amide bonds. The molecular formula is C21H19ClN4OS. The van der Waals surface area contributed by atoms with Crippen LogP contribution in [0, 0.1) is 0 Å². The minimum absolute atomic E-state index is 0.0836. The normalized spacial score (nSPS) is 12.2. The molecule has 28 heavy (non-hydrogen) atoms. The van der Waals surface area contributed by atoms with Crippen LogP contribution in [-0.2, 0) is 6.42 Å². The molecule has 7 heteroatoms. The minimum Gasteiger partial charge on any atom is -0.361 e. The lowest BCUT2D eigenvalue weighted by molar-refractivity contribution is 0.0955. The summed E-state index contributed by atoms with van der Waals surface area (Å²) in [6.45, 7) is 2.39. The van der Waals surface area contributed by atoms with Crippen molar-refractivity contribution >= 4 is 39.9 Å². The van der Waals surface area contributed by atoms with Crippen LogP contribution in [-0.4, -0.2) is 27.0 Å². The summed E-state index contributed by atoms with van der Waals surface area (Å²) in [4.78, 5) is 16.6. The molecule has 0 aliphatic heterocycles. The van der Waals surface area contributed by atoms with Crippen molar-refractivity contribution in [3.05, 3.63) is 81.4 Å². The molecule has 0 aliphatic carbocycles. The van der Waals surface area contributed by atoms with Crippen molar-refractivity contribution in [1.29, 1.82) is 0 Å². The van der Waals surface area contributed by atoms with Crippen molar-refractivity contribution in [1.82, 2.24) is 19.9 Å². The molecule has 0 fully saturated rings. The van der Waals surface area contributed by atoms with Crippen molar-refractivity contribution < 1.29 is 4.79 Å². The van der Waals surface area contributed by atoms with Crippen molar-refractivity contribution in [3.8, 4) is 0 Å². The van der Waals surface area contributed by atoms with Crippen LogP contribution in [0.5, 0.6) is 0 Å². The van der Waals surface area contributed by atoms with Crippen LogP contribution in [0.15, 0.2) is 54.7 Å². The zero-order chi connectivity index (χ0) is 19.5. The van der Waals surface area contributed by atoms with Gasteiger partial charge in [-0.2, -0.15) is 0 Å². The van der Waals surface area contributed by atoms with Gasteiger partial charge in [0.25, 0.3) is 5.91 Å². The quantitative estimate of drug-likeness (QED) is 0.479. The first-order valence-electron chi connectivity index (χ1n) is 9.09. The second kappa shape index (κ2) is 8.12. The van der Waals surface area contributed by atoms with E-state index in [1.54, 1.807) is 0 Å². The highest BCUT2D eigenvalue weighted by atomic mass is 35.5. The monoisotopic (exact) mass is 410 g/mol. The summed E-state index contributed by atoms with van der Waals surface area (Å²) < 4.78 is 3.91. The van der Waals surface area contributed by atoms with E-state index in [0.29, 0.717) is 22.9 Å². The summed E-state index contributed by atoms with van der Waals surface area (Å²) in [5.74, 6) is -0.233. The van der Waals surface area contributed by atoms with E-state index in [1.807, 2.05) is 55.6 Å². The number of fused-ring (bicyclic) bond motifs is 1. The van der Waals surface area contributed by atoms with E-state index < -0.39 is 0 Å². The van der Waals surface area contributed by atoms with Gasteiger partial charge in [-0.3, -0.25) is 4.79 Å². The standard InChI is InChI=1S/C21H19ClN4OS/c1-2-18-20(28-26-25-18)21(27)24-12-15(13-7-3-5-9-17(13)22)16-11-23-19-10-6-4-8-14(16)19/h3-11,15,23H,2,12H2,1H3,(H,24,27). The molecule has 1 atom stereocenters. The second-order valence-electron chi connectivity index (χ2n) is 6.48. The van der Waals surface area contributed by atoms with Gasteiger partial charge in [-0.05, 0) is 41.2 Å². The van der Waals surface area contributed by atoms with Crippen LogP contribution in [0.1, 0.15) is 39.3 Å². The smallest absolute Gasteiger partial charge is 0.264 e. The molecule has 2 aromatic carbocycles. The maximum absolute atomic E-state index is 12.7. The number of rotatable bonds is 6. The van der Waals surface area contributed by atoms with Gasteiger partial charge in [-0.1, -0.05) is 59.4 Å². The summed E-state index contributed by atoms with van der Waals surface area (Å²) >= 11 is 7.64. The Labute approximate surface area is 171 Å². The molecule has 142 valence electrons. The zero-order valence-electron chi connectivity index (χ0n) is 15.3. The average Bonchev–Trinajstić information content (AvgIpc) is 3.36. The van der Waals surface area contributed by atoms with Gasteiger partial charge in [-0.15, -0.1) is 5.10 Å². The Hall–Kier alpha value is -2.70. The molecule has 0 saturated carbocycles. The highest BCUT2D eigenvalue weighted by Gasteiger charge is 2.22. The number of nitrogens with zero attached hydrogens (tertiary/aromatic N) is 2. The third kappa shape index (κ3) is 3.53. The molecule has 1 unspecified atom stereocenters. The van der Waals surface area contributed by atoms with Gasteiger partial charge in [0, 0.05) is 34.6 Å². The molecule has 0 bridgehead atoms. The Morgan fingerprint density at radius 3 is 2.79 bits per heavy atom. The van der Waals surface area contributed by atoms with Gasteiger partial charge in [0.2, 0.25) is 0 Å². The number of aromatic nitrogens is 3. The fourth-order valence-electron chi connectivity index (χ4n) is 3.41. The zero-order valence-corrected chi connectivity index (χ0v) is 16.8. The van der Waals surface area contributed by atoms with Gasteiger partial charge in [0.15, 0.2) is 0 Å². The first-order chi connectivity index (χ1) is 13.7. The molecule has 0 spiro atoms. The number of para-hydroxylation sites is 1. The van der Waals surface area contributed by atoms with Crippen LogP contribution in [0.3, 0.4) is 0 Å². The first kappa shape index (κ1) is 18.7. The number of halogens is 1. The first-order valence-corrected chi connectivity index (χ1v) is 10.2. The van der Waals surface area contributed by atoms with Gasteiger partial charge < -0.3 is 10.3 Å². The summed E-state index contributed by atoms with van der Waals surface area (Å²) in [6, 6.07) is 15.9. The molecule has 2 heterocycles. The highest BCUT2D eigenvalue weighted by Crippen LogP contribution is 2.34. The van der Waals surface area contributed by atoms with Gasteiger partial charge in [0.1, 0.15) is 4.88 Å². The Balaban J connectivity index is 1.68. The number of benzene rings is 2. The molecule has 2 aromatic heterocycles. The summed E-state index contributed by atoms with van der Waals surface area (Å²) in [7, 11) is 0. The van der Waals surface area contributed by atoms with Crippen molar-refractivity contribution in [2.45, 2.75) is 19.3 Å². The number of hydrogen-bond donors (Lipinski definition) is 2. The van der Waals surface area contributed by atoms with E-state index in [9.17, 15) is 4.79 Å². The lowest BCUT2D eigenvalue weighted by Crippen LogP contribution is -2.29. The number of hydrogen-bond acceptors (Lipinski definition) is 4. The van der Waals surface area contributed by atoms with Gasteiger partial charge in [0.05, 0.1) is 5.69 Å². The Morgan fingerprint density at radius 1 is 1.18 bits per heavy atom. The minimum atomic E-state index is -0.149. The van der Waals surface area contributed by atoms with E-state index in [2.05, 4.69) is 26.0 Å². The molecule has 0 saturated heterocycles. The number of amides is 1. The van der Waals surface area contributed by atoms with Crippen molar-refractivity contribution in [2.75, 3.05) is 6.54 Å². The number of H-pyrrole nitrogens is 1. The van der Waals surface area contributed by atoms with E-state index >= 15 is 0 Å². The highest BCUT2D eigenvalue weighted by molar-refractivity contribution is 7.08. The third-order valence-electron chi connectivity index (χ3n) is 4.84. The van der Waals surface area contributed by atoms with Crippen LogP contribution in [0.4, 0.5) is 0 Å². The number of nitrogens with one attached hydrogen (secondary N) is 2. The van der Waals surface area contributed by atoms with Gasteiger partial charge >= 0.3 is 0 Å². The van der Waals surface area contributed by atoms with E-state index in [4.69, 9.17) is 11.6 Å². The lowest BCUT2D eigenvalue weighted by Gasteiger charge is -2.19. The summed E-state index contributed by atoms with van der Waals surface area (Å²) in [5, 5.41) is 8.89. The number of carbonyl (C=O) groups excluding carboxylic acids is 1. The fourth-order valence-corrected chi connectivity index (χ4v) is 4.35. The van der Waals surface area contributed by atoms with E-state index in [1.165, 1.54) is 0 Å². The van der Waals surface area contributed by atoms with Crippen molar-refractivity contribution in [2.24, 2.45) is 0 Å². The SMILES string of the molecule is CCc1nnsc1C(=O)NCC(c1ccccc1Cl)c1c[nH]c2ccccc12. The van der Waals surface area contributed by atoms with Crippen molar-refractivity contribution in [3.63, 3.8) is 0 Å². The second-order valence-corrected chi connectivity index (χ2v) is 7.64. The number of aryl methyl sites for hydroxylation is 1. The predicted octanol–water partition coefficient (Wildman–Crippen LogP) is 4.80. The Morgan fingerprint density at radius 2 is 1.96 bits per heavy atom. The fraction of sp³-hybridized carbons (Fsp3) is 0.190. The van der Waals surface area contributed by atoms with E-state index in [0.717, 1.165) is 39.3 Å². The number of aromatic amines is 1. The van der Waals surface area contributed by atoms with Crippen LogP contribution >= 0.6 is 23.1 Å². The molecular weight excluding hydrogens is 392 g/mol. The van der Waals surface area contributed by atoms with Crippen LogP contribution in [0.2, 0.25) is 5.02 Å². The largest absolute Gasteiger partial charge is 0.361 e.